The Labute approximate surface area is 345 Å². The highest BCUT2D eigenvalue weighted by atomic mass is 16.6. The van der Waals surface area contributed by atoms with Crippen molar-refractivity contribution in [3.8, 4) is 0 Å². The van der Waals surface area contributed by atoms with Crippen molar-refractivity contribution in [2.75, 3.05) is 13.2 Å². The number of carbonyl (C=O) groups is 4. The van der Waals surface area contributed by atoms with Gasteiger partial charge in [-0.15, -0.1) is 0 Å². The maximum Gasteiger partial charge on any atom is 0.309 e. The van der Waals surface area contributed by atoms with Crippen molar-refractivity contribution in [1.82, 2.24) is 0 Å². The van der Waals surface area contributed by atoms with Crippen LogP contribution in [0.4, 0.5) is 0 Å². The summed E-state index contributed by atoms with van der Waals surface area (Å²) in [4.78, 5) is 48.8. The molecule has 0 bridgehead atoms. The van der Waals surface area contributed by atoms with Gasteiger partial charge >= 0.3 is 23.9 Å². The third kappa shape index (κ3) is 40.1. The molecule has 8 nitrogen and oxygen atoms in total. The van der Waals surface area contributed by atoms with Crippen LogP contribution in [0.15, 0.2) is 0 Å². The summed E-state index contributed by atoms with van der Waals surface area (Å²) >= 11 is 0. The fraction of sp³-hybridized carbons (Fsp3) is 0.917. The molecule has 0 aromatic heterocycles. The highest BCUT2D eigenvalue weighted by Crippen LogP contribution is 2.17. The topological polar surface area (TPSA) is 116 Å². The first-order valence-electron chi connectivity index (χ1n) is 24.0. The average molecular weight is 795 g/mol. The summed E-state index contributed by atoms with van der Waals surface area (Å²) in [6.45, 7) is 6.15. The fourth-order valence-corrected chi connectivity index (χ4v) is 7.22. The molecule has 0 aliphatic rings. The molecule has 0 radical (unpaired) electrons. The Morgan fingerprint density at radius 3 is 1.02 bits per heavy atom. The van der Waals surface area contributed by atoms with E-state index in [2.05, 4.69) is 13.8 Å². The van der Waals surface area contributed by atoms with E-state index >= 15 is 0 Å². The monoisotopic (exact) mass is 795 g/mol. The lowest BCUT2D eigenvalue weighted by Gasteiger charge is -2.20. The van der Waals surface area contributed by atoms with E-state index in [0.717, 1.165) is 83.5 Å². The Morgan fingerprint density at radius 2 is 0.696 bits per heavy atom. The maximum atomic E-state index is 13.0. The Hall–Kier alpha value is -2.12. The highest BCUT2D eigenvalue weighted by molar-refractivity contribution is 5.72. The Bertz CT molecular complexity index is 860. The van der Waals surface area contributed by atoms with Crippen LogP contribution >= 0.6 is 0 Å². The first kappa shape index (κ1) is 53.9. The van der Waals surface area contributed by atoms with Crippen molar-refractivity contribution >= 4 is 23.9 Å². The number of esters is 3. The minimum absolute atomic E-state index is 0.108. The third-order valence-corrected chi connectivity index (χ3v) is 11.0. The highest BCUT2D eigenvalue weighted by Gasteiger charge is 2.23. The molecule has 0 saturated carbocycles. The minimum atomic E-state index is -0.818. The van der Waals surface area contributed by atoms with E-state index in [0.29, 0.717) is 19.3 Å². The van der Waals surface area contributed by atoms with Gasteiger partial charge in [-0.2, -0.15) is 0 Å². The molecule has 0 saturated heterocycles. The summed E-state index contributed by atoms with van der Waals surface area (Å²) in [6, 6.07) is 0. The number of aliphatic carboxylic acids is 1. The fourth-order valence-electron chi connectivity index (χ4n) is 7.22. The molecule has 0 rings (SSSR count). The van der Waals surface area contributed by atoms with Crippen LogP contribution in [0, 0.1) is 5.92 Å². The molecule has 0 fully saturated rings. The second-order valence-electron chi connectivity index (χ2n) is 16.7. The molecular weight excluding hydrogens is 705 g/mol. The van der Waals surface area contributed by atoms with Crippen LogP contribution in [-0.2, 0) is 33.4 Å². The predicted octanol–water partition coefficient (Wildman–Crippen LogP) is 14.2. The molecule has 0 amide bonds. The number of hydrogen-bond donors (Lipinski definition) is 1. The summed E-state index contributed by atoms with van der Waals surface area (Å²) in [6.07, 6.45) is 39.8. The van der Waals surface area contributed by atoms with Crippen LogP contribution in [0.2, 0.25) is 0 Å². The Morgan fingerprint density at radius 1 is 0.411 bits per heavy atom. The zero-order chi connectivity index (χ0) is 41.2. The molecule has 0 heterocycles. The zero-order valence-corrected chi connectivity index (χ0v) is 37.0. The van der Waals surface area contributed by atoms with Gasteiger partial charge in [0.2, 0.25) is 0 Å². The number of carboxylic acids is 1. The lowest BCUT2D eigenvalue weighted by atomic mass is 10.0. The summed E-state index contributed by atoms with van der Waals surface area (Å²) in [5.41, 5.74) is 0. The summed E-state index contributed by atoms with van der Waals surface area (Å²) < 4.78 is 16.8. The van der Waals surface area contributed by atoms with Gasteiger partial charge in [0.05, 0.1) is 5.92 Å². The zero-order valence-electron chi connectivity index (χ0n) is 37.0. The standard InChI is InChI=1S/C48H90O8/c1-4-6-8-10-12-14-16-18-20-22-27-31-35-39-46(51)54-41-44(56-48(53)43(3)37-33-29-25-24-26-30-34-38-45(49)50)42-55-47(52)40-36-32-28-23-21-19-17-15-13-11-9-7-5-2/h43-44H,4-42H2,1-3H3,(H,49,50). The van der Waals surface area contributed by atoms with Crippen molar-refractivity contribution in [3.63, 3.8) is 0 Å². The first-order chi connectivity index (χ1) is 27.3. The van der Waals surface area contributed by atoms with Gasteiger partial charge in [0.25, 0.3) is 0 Å². The molecule has 1 N–H and O–H groups in total. The van der Waals surface area contributed by atoms with Crippen molar-refractivity contribution in [2.24, 2.45) is 5.92 Å². The predicted molar refractivity (Wildman–Crippen MR) is 231 cm³/mol. The first-order valence-corrected chi connectivity index (χ1v) is 24.0. The number of carbonyl (C=O) groups excluding carboxylic acids is 3. The third-order valence-electron chi connectivity index (χ3n) is 11.0. The van der Waals surface area contributed by atoms with E-state index in [4.69, 9.17) is 19.3 Å². The number of ether oxygens (including phenoxy) is 3. The van der Waals surface area contributed by atoms with Crippen LogP contribution in [0.5, 0.6) is 0 Å². The molecule has 0 aliphatic carbocycles. The van der Waals surface area contributed by atoms with E-state index in [1.807, 2.05) is 6.92 Å². The second-order valence-corrected chi connectivity index (χ2v) is 16.7. The maximum absolute atomic E-state index is 13.0. The van der Waals surface area contributed by atoms with Gasteiger partial charge in [-0.05, 0) is 25.7 Å². The van der Waals surface area contributed by atoms with E-state index < -0.39 is 12.1 Å². The molecule has 1 atom stereocenters. The normalized spacial score (nSPS) is 11.9. The molecule has 0 aliphatic heterocycles. The SMILES string of the molecule is CCCCCCCCCCCCCCCC(=O)OCC(COC(=O)CCCCCCCCCCCCCCC)OC(=O)C(C)CCCCCCCCCC(=O)O. The molecule has 0 aromatic rings. The van der Waals surface area contributed by atoms with E-state index in [-0.39, 0.29) is 43.5 Å². The quantitative estimate of drug-likeness (QED) is 0.0368. The van der Waals surface area contributed by atoms with Crippen molar-refractivity contribution in [2.45, 2.75) is 264 Å². The van der Waals surface area contributed by atoms with Gasteiger partial charge in [0.1, 0.15) is 13.2 Å². The Balaban J connectivity index is 4.43. The molecule has 1 unspecified atom stereocenters. The van der Waals surface area contributed by atoms with Crippen LogP contribution in [-0.4, -0.2) is 48.3 Å². The van der Waals surface area contributed by atoms with Gasteiger partial charge in [-0.3, -0.25) is 19.2 Å². The van der Waals surface area contributed by atoms with E-state index in [9.17, 15) is 19.2 Å². The Kier molecular flexibility index (Phi) is 40.9. The van der Waals surface area contributed by atoms with E-state index in [1.165, 1.54) is 128 Å². The van der Waals surface area contributed by atoms with Crippen LogP contribution in [0.3, 0.4) is 0 Å². The number of rotatable bonds is 44. The van der Waals surface area contributed by atoms with Crippen molar-refractivity contribution in [1.29, 1.82) is 0 Å². The summed E-state index contributed by atoms with van der Waals surface area (Å²) in [5.74, 6) is -2.01. The van der Waals surface area contributed by atoms with Gasteiger partial charge < -0.3 is 19.3 Å². The molecule has 56 heavy (non-hydrogen) atoms. The van der Waals surface area contributed by atoms with Gasteiger partial charge in [0, 0.05) is 19.3 Å². The smallest absolute Gasteiger partial charge is 0.309 e. The van der Waals surface area contributed by atoms with Gasteiger partial charge in [-0.25, -0.2) is 0 Å². The van der Waals surface area contributed by atoms with Crippen LogP contribution in [0.25, 0.3) is 0 Å². The summed E-state index contributed by atoms with van der Waals surface area (Å²) in [7, 11) is 0. The number of carboxylic acid groups (broad SMARTS) is 1. The van der Waals surface area contributed by atoms with Gasteiger partial charge in [0.15, 0.2) is 6.10 Å². The lowest BCUT2D eigenvalue weighted by molar-refractivity contribution is -0.169. The minimum Gasteiger partial charge on any atom is -0.481 e. The summed E-state index contributed by atoms with van der Waals surface area (Å²) in [5, 5.41) is 8.76. The van der Waals surface area contributed by atoms with Gasteiger partial charge in [-0.1, -0.05) is 213 Å². The molecule has 0 spiro atoms. The second kappa shape index (κ2) is 42.5. The van der Waals surface area contributed by atoms with E-state index in [1.54, 1.807) is 0 Å². The van der Waals surface area contributed by atoms with Crippen molar-refractivity contribution in [3.05, 3.63) is 0 Å². The van der Waals surface area contributed by atoms with Crippen molar-refractivity contribution < 1.29 is 38.5 Å². The average Bonchev–Trinajstić information content (AvgIpc) is 3.18. The van der Waals surface area contributed by atoms with Crippen LogP contribution < -0.4 is 0 Å². The molecule has 330 valence electrons. The lowest BCUT2D eigenvalue weighted by Crippen LogP contribution is -2.32. The van der Waals surface area contributed by atoms with Crippen LogP contribution in [0.1, 0.15) is 258 Å². The number of unbranched alkanes of at least 4 members (excludes halogenated alkanes) is 30. The molecular formula is C48H90O8. The molecule has 8 heteroatoms. The largest absolute Gasteiger partial charge is 0.481 e. The number of hydrogen-bond acceptors (Lipinski definition) is 7. The molecule has 0 aromatic carbocycles.